The molecule has 0 aromatic heterocycles. The van der Waals surface area contributed by atoms with E-state index in [4.69, 9.17) is 9.05 Å². The first kappa shape index (κ1) is 16.9. The van der Waals surface area contributed by atoms with Crippen molar-refractivity contribution in [1.82, 2.24) is 0 Å². The average Bonchev–Trinajstić information content (AvgIpc) is 2.04. The predicted octanol–water partition coefficient (Wildman–Crippen LogP) is -1.41. The van der Waals surface area contributed by atoms with Gasteiger partial charge in [0, 0.05) is 0 Å². The van der Waals surface area contributed by atoms with E-state index in [-0.39, 0.29) is 42.8 Å². The predicted molar refractivity (Wildman–Crippen MR) is 47.2 cm³/mol. The summed E-state index contributed by atoms with van der Waals surface area (Å²) >= 11 is 0. The molecule has 0 radical (unpaired) electrons. The van der Waals surface area contributed by atoms with Crippen LogP contribution in [0.15, 0.2) is 0 Å². The summed E-state index contributed by atoms with van der Waals surface area (Å²) in [5, 5.41) is 0. The first-order chi connectivity index (χ1) is 6.08. The molecule has 0 aliphatic heterocycles. The van der Waals surface area contributed by atoms with Crippen LogP contribution < -0.4 is 29.6 Å². The van der Waals surface area contributed by atoms with E-state index in [2.05, 4.69) is 4.74 Å². The third kappa shape index (κ3) is 6.87. The second-order valence-corrected chi connectivity index (χ2v) is 3.88. The molecule has 0 N–H and O–H groups in total. The normalized spacial score (nSPS) is 10.2. The largest absolute Gasteiger partial charge is 1.00 e. The summed E-state index contributed by atoms with van der Waals surface area (Å²) in [5.41, 5.74) is 0. The summed E-state index contributed by atoms with van der Waals surface area (Å²) in [6.07, 6.45) is 0.833. The quantitative estimate of drug-likeness (QED) is 0.244. The molecule has 0 aliphatic rings. The molecule has 0 spiro atoms. The average molecular weight is 232 g/mol. The molecule has 0 aromatic carbocycles. The maximum atomic E-state index is 11.6. The van der Waals surface area contributed by atoms with Gasteiger partial charge < -0.3 is 13.8 Å². The van der Waals surface area contributed by atoms with E-state index in [9.17, 15) is 9.36 Å². The van der Waals surface area contributed by atoms with Gasteiger partial charge in [0.05, 0.1) is 20.3 Å². The Labute approximate surface area is 106 Å². The molecular formula is C7H14NaO5P. The van der Waals surface area contributed by atoms with Gasteiger partial charge in [-0.1, -0.05) is 0 Å². The van der Waals surface area contributed by atoms with Gasteiger partial charge >= 0.3 is 29.6 Å². The number of rotatable bonds is 6. The molecule has 14 heavy (non-hydrogen) atoms. The van der Waals surface area contributed by atoms with Crippen molar-refractivity contribution in [3.8, 4) is 0 Å². The van der Waals surface area contributed by atoms with Crippen molar-refractivity contribution in [2.45, 2.75) is 13.8 Å². The zero-order valence-electron chi connectivity index (χ0n) is 8.98. The number of carbonyl (C=O) groups is 1. The van der Waals surface area contributed by atoms with Crippen LogP contribution in [-0.4, -0.2) is 26.3 Å². The first-order valence-corrected chi connectivity index (χ1v) is 5.51. The Bertz CT molecular complexity index is 198. The standard InChI is InChI=1S/C7H14O5P.Na/c1-4-11-13(9,12-5-2)6-7(8)10-3;/h6H,4-5H2,1-3H3;/q-1;+1. The smallest absolute Gasteiger partial charge is 0.491 e. The molecule has 0 bridgehead atoms. The van der Waals surface area contributed by atoms with Crippen LogP contribution in [0.3, 0.4) is 0 Å². The number of esters is 1. The Hall–Kier alpha value is 0.490. The topological polar surface area (TPSA) is 61.8 Å². The van der Waals surface area contributed by atoms with Crippen molar-refractivity contribution in [2.24, 2.45) is 0 Å². The van der Waals surface area contributed by atoms with E-state index >= 15 is 0 Å². The fourth-order valence-corrected chi connectivity index (χ4v) is 1.96. The fraction of sp³-hybridized carbons (Fsp3) is 0.714. The minimum absolute atomic E-state index is 0. The van der Waals surface area contributed by atoms with Gasteiger partial charge in [-0.05, 0) is 13.8 Å². The minimum Gasteiger partial charge on any atom is -0.491 e. The van der Waals surface area contributed by atoms with Crippen LogP contribution in [-0.2, 0) is 23.1 Å². The number of hydrogen-bond acceptors (Lipinski definition) is 5. The third-order valence-corrected chi connectivity index (χ3v) is 2.85. The Morgan fingerprint density at radius 2 is 1.71 bits per heavy atom. The molecule has 0 heterocycles. The molecule has 0 saturated carbocycles. The van der Waals surface area contributed by atoms with Gasteiger partial charge in [0.15, 0.2) is 5.97 Å². The van der Waals surface area contributed by atoms with E-state index in [0.717, 1.165) is 6.16 Å². The van der Waals surface area contributed by atoms with Crippen LogP contribution >= 0.6 is 7.60 Å². The van der Waals surface area contributed by atoms with Gasteiger partial charge in [0.2, 0.25) is 7.60 Å². The summed E-state index contributed by atoms with van der Waals surface area (Å²) in [6.45, 7) is 3.75. The van der Waals surface area contributed by atoms with E-state index < -0.39 is 13.6 Å². The molecule has 7 heteroatoms. The van der Waals surface area contributed by atoms with Gasteiger partial charge in [0.1, 0.15) is 0 Å². The number of methoxy groups -OCH3 is 1. The Balaban J connectivity index is 0. The fourth-order valence-electron chi connectivity index (χ4n) is 0.653. The van der Waals surface area contributed by atoms with Gasteiger partial charge in [-0.25, -0.2) is 0 Å². The summed E-state index contributed by atoms with van der Waals surface area (Å²) in [5.74, 6) is -0.717. The van der Waals surface area contributed by atoms with Crippen molar-refractivity contribution in [2.75, 3.05) is 20.3 Å². The Kier molecular flexibility index (Phi) is 10.6. The second-order valence-electron chi connectivity index (χ2n) is 2.03. The van der Waals surface area contributed by atoms with Crippen molar-refractivity contribution in [1.29, 1.82) is 0 Å². The van der Waals surface area contributed by atoms with E-state index in [1.807, 2.05) is 0 Å². The SMILES string of the molecule is CCOP(=O)([CH-]C(=O)OC)OCC.[Na+]. The zero-order valence-corrected chi connectivity index (χ0v) is 11.9. The van der Waals surface area contributed by atoms with Crippen LogP contribution in [0.4, 0.5) is 0 Å². The van der Waals surface area contributed by atoms with Crippen LogP contribution in [0, 0.1) is 6.16 Å². The van der Waals surface area contributed by atoms with Crippen molar-refractivity contribution in [3.63, 3.8) is 0 Å². The van der Waals surface area contributed by atoms with Gasteiger partial charge in [-0.15, -0.1) is 0 Å². The second kappa shape index (κ2) is 8.77. The third-order valence-electron chi connectivity index (χ3n) is 1.08. The molecular weight excluding hydrogens is 218 g/mol. The van der Waals surface area contributed by atoms with Gasteiger partial charge in [-0.2, -0.15) is 6.16 Å². The molecule has 0 fully saturated rings. The van der Waals surface area contributed by atoms with Crippen molar-refractivity contribution in [3.05, 3.63) is 6.16 Å². The molecule has 0 atom stereocenters. The van der Waals surface area contributed by atoms with Crippen LogP contribution in [0.2, 0.25) is 0 Å². The summed E-state index contributed by atoms with van der Waals surface area (Å²) in [6, 6.07) is 0. The van der Waals surface area contributed by atoms with Crippen molar-refractivity contribution < 1.29 is 52.7 Å². The summed E-state index contributed by atoms with van der Waals surface area (Å²) in [7, 11) is -2.20. The summed E-state index contributed by atoms with van der Waals surface area (Å²) < 4.78 is 25.5. The van der Waals surface area contributed by atoms with Gasteiger partial charge in [-0.3, -0.25) is 9.36 Å². The summed E-state index contributed by atoms with van der Waals surface area (Å²) in [4.78, 5) is 10.8. The maximum absolute atomic E-state index is 11.6. The maximum Gasteiger partial charge on any atom is 1.00 e. The number of hydrogen-bond donors (Lipinski definition) is 0. The molecule has 0 amide bonds. The zero-order chi connectivity index (χ0) is 10.3. The van der Waals surface area contributed by atoms with E-state index in [1.54, 1.807) is 13.8 Å². The van der Waals surface area contributed by atoms with E-state index in [0.29, 0.717) is 0 Å². The van der Waals surface area contributed by atoms with Crippen molar-refractivity contribution >= 4 is 13.6 Å². The first-order valence-electron chi connectivity index (χ1n) is 3.90. The number of carbonyl (C=O) groups excluding carboxylic acids is 1. The molecule has 0 rings (SSSR count). The molecule has 0 unspecified atom stereocenters. The minimum atomic E-state index is -3.39. The number of ether oxygens (including phenoxy) is 1. The van der Waals surface area contributed by atoms with Crippen LogP contribution in [0.25, 0.3) is 0 Å². The molecule has 0 saturated heterocycles. The van der Waals surface area contributed by atoms with Gasteiger partial charge in [0.25, 0.3) is 0 Å². The molecule has 0 aromatic rings. The van der Waals surface area contributed by atoms with E-state index in [1.165, 1.54) is 7.11 Å². The Morgan fingerprint density at radius 1 is 1.29 bits per heavy atom. The van der Waals surface area contributed by atoms with Crippen LogP contribution in [0.1, 0.15) is 13.8 Å². The monoisotopic (exact) mass is 232 g/mol. The molecule has 78 valence electrons. The Morgan fingerprint density at radius 3 is 2.00 bits per heavy atom. The van der Waals surface area contributed by atoms with Crippen LogP contribution in [0.5, 0.6) is 0 Å². The molecule has 5 nitrogen and oxygen atoms in total. The molecule has 0 aliphatic carbocycles.